The van der Waals surface area contributed by atoms with Gasteiger partial charge in [-0.2, -0.15) is 4.31 Å². The number of nitrogens with zero attached hydrogens (tertiary/aromatic N) is 1. The second kappa shape index (κ2) is 6.07. The van der Waals surface area contributed by atoms with Crippen molar-refractivity contribution in [3.05, 3.63) is 29.3 Å². The first-order valence-electron chi connectivity index (χ1n) is 7.68. The maximum Gasteiger partial charge on any atom is 0.243 e. The quantitative estimate of drug-likeness (QED) is 0.909. The second-order valence-electron chi connectivity index (χ2n) is 6.09. The van der Waals surface area contributed by atoms with E-state index in [4.69, 9.17) is 5.73 Å². The summed E-state index contributed by atoms with van der Waals surface area (Å²) in [4.78, 5) is 0.372. The fraction of sp³-hybridized carbons (Fsp3) is 0.625. The lowest BCUT2D eigenvalue weighted by molar-refractivity contribution is 0.279. The van der Waals surface area contributed by atoms with Crippen LogP contribution in [0.5, 0.6) is 0 Å². The van der Waals surface area contributed by atoms with Gasteiger partial charge in [-0.1, -0.05) is 19.9 Å². The molecule has 1 saturated heterocycles. The Morgan fingerprint density at radius 3 is 2.48 bits per heavy atom. The topological polar surface area (TPSA) is 63.4 Å². The Morgan fingerprint density at radius 1 is 1.29 bits per heavy atom. The van der Waals surface area contributed by atoms with Crippen molar-refractivity contribution < 1.29 is 8.42 Å². The number of hydrogen-bond acceptors (Lipinski definition) is 3. The fourth-order valence-corrected chi connectivity index (χ4v) is 4.71. The summed E-state index contributed by atoms with van der Waals surface area (Å²) < 4.78 is 27.3. The first-order valence-corrected chi connectivity index (χ1v) is 9.12. The van der Waals surface area contributed by atoms with Crippen LogP contribution < -0.4 is 5.73 Å². The molecule has 1 aliphatic heterocycles. The Labute approximate surface area is 128 Å². The minimum atomic E-state index is -3.40. The lowest BCUT2D eigenvalue weighted by Crippen LogP contribution is -2.32. The van der Waals surface area contributed by atoms with Gasteiger partial charge in [0, 0.05) is 19.6 Å². The third-order valence-electron chi connectivity index (χ3n) is 5.08. The van der Waals surface area contributed by atoms with Crippen molar-refractivity contribution >= 4 is 10.0 Å². The van der Waals surface area contributed by atoms with Crippen LogP contribution >= 0.6 is 0 Å². The Balaban J connectivity index is 2.31. The number of sulfonamides is 1. The largest absolute Gasteiger partial charge is 0.326 e. The van der Waals surface area contributed by atoms with Gasteiger partial charge in [0.2, 0.25) is 10.0 Å². The standard InChI is InChI=1S/C16H26N2O2S/c1-4-16(5-2)8-9-18(12-16)21(19,20)15-7-6-13(3)14(10-15)11-17/h6-7,10H,4-5,8-9,11-12,17H2,1-3H3. The van der Waals surface area contributed by atoms with Crippen LogP contribution in [0.4, 0.5) is 0 Å². The molecule has 1 aromatic carbocycles. The monoisotopic (exact) mass is 310 g/mol. The van der Waals surface area contributed by atoms with Gasteiger partial charge in [-0.15, -0.1) is 0 Å². The smallest absolute Gasteiger partial charge is 0.243 e. The van der Waals surface area contributed by atoms with Crippen molar-refractivity contribution in [2.24, 2.45) is 11.1 Å². The molecule has 0 aliphatic carbocycles. The van der Waals surface area contributed by atoms with Crippen LogP contribution in [0.25, 0.3) is 0 Å². The zero-order valence-electron chi connectivity index (χ0n) is 13.2. The molecular weight excluding hydrogens is 284 g/mol. The zero-order chi connectivity index (χ0) is 15.7. The molecule has 118 valence electrons. The summed E-state index contributed by atoms with van der Waals surface area (Å²) in [6, 6.07) is 5.27. The van der Waals surface area contributed by atoms with Crippen molar-refractivity contribution in [3.8, 4) is 0 Å². The molecule has 1 aliphatic rings. The summed E-state index contributed by atoms with van der Waals surface area (Å²) in [5.41, 5.74) is 7.77. The molecule has 2 rings (SSSR count). The van der Waals surface area contributed by atoms with Crippen LogP contribution in [-0.2, 0) is 16.6 Å². The third-order valence-corrected chi connectivity index (χ3v) is 6.92. The zero-order valence-corrected chi connectivity index (χ0v) is 14.0. The maximum absolute atomic E-state index is 12.8. The van der Waals surface area contributed by atoms with Crippen molar-refractivity contribution in [2.75, 3.05) is 13.1 Å². The normalized spacial score (nSPS) is 19.0. The van der Waals surface area contributed by atoms with E-state index in [-0.39, 0.29) is 5.41 Å². The first kappa shape index (κ1) is 16.5. The average Bonchev–Trinajstić information content (AvgIpc) is 2.93. The highest BCUT2D eigenvalue weighted by molar-refractivity contribution is 7.89. The Hall–Kier alpha value is -0.910. The van der Waals surface area contributed by atoms with Crippen LogP contribution in [0, 0.1) is 12.3 Å². The third kappa shape index (κ3) is 3.00. The van der Waals surface area contributed by atoms with Crippen LogP contribution in [0.1, 0.15) is 44.2 Å². The molecule has 1 heterocycles. The van der Waals surface area contributed by atoms with Gasteiger partial charge in [-0.3, -0.25) is 0 Å². The van der Waals surface area contributed by atoms with Gasteiger partial charge in [0.25, 0.3) is 0 Å². The molecule has 4 nitrogen and oxygen atoms in total. The van der Waals surface area contributed by atoms with Crippen LogP contribution in [0.15, 0.2) is 23.1 Å². The van der Waals surface area contributed by atoms with E-state index in [0.29, 0.717) is 24.5 Å². The molecule has 0 aromatic heterocycles. The molecule has 0 saturated carbocycles. The maximum atomic E-state index is 12.8. The number of hydrogen-bond donors (Lipinski definition) is 1. The first-order chi connectivity index (χ1) is 9.88. The van der Waals surface area contributed by atoms with Gasteiger partial charge in [0.1, 0.15) is 0 Å². The van der Waals surface area contributed by atoms with Gasteiger partial charge < -0.3 is 5.73 Å². The van der Waals surface area contributed by atoms with Crippen LogP contribution in [0.3, 0.4) is 0 Å². The molecule has 0 atom stereocenters. The van der Waals surface area contributed by atoms with Crippen LogP contribution in [-0.4, -0.2) is 25.8 Å². The molecule has 0 unspecified atom stereocenters. The van der Waals surface area contributed by atoms with Crippen molar-refractivity contribution in [3.63, 3.8) is 0 Å². The number of rotatable bonds is 5. The van der Waals surface area contributed by atoms with E-state index >= 15 is 0 Å². The summed E-state index contributed by atoms with van der Waals surface area (Å²) in [5.74, 6) is 0. The Bertz CT molecular complexity index is 607. The number of benzene rings is 1. The fourth-order valence-electron chi connectivity index (χ4n) is 3.10. The van der Waals surface area contributed by atoms with E-state index < -0.39 is 10.0 Å². The molecule has 0 bridgehead atoms. The molecule has 0 radical (unpaired) electrons. The lowest BCUT2D eigenvalue weighted by Gasteiger charge is -2.26. The van der Waals surface area contributed by atoms with Gasteiger partial charge in [-0.05, 0) is 54.9 Å². The van der Waals surface area contributed by atoms with Crippen molar-refractivity contribution in [1.82, 2.24) is 4.31 Å². The molecule has 5 heteroatoms. The Kier molecular flexibility index (Phi) is 4.76. The SMILES string of the molecule is CCC1(CC)CCN(S(=O)(=O)c2ccc(C)c(CN)c2)C1. The van der Waals surface area contributed by atoms with E-state index in [1.807, 2.05) is 13.0 Å². The summed E-state index contributed by atoms with van der Waals surface area (Å²) in [5, 5.41) is 0. The number of aryl methyl sites for hydroxylation is 1. The minimum absolute atomic E-state index is 0.147. The molecule has 2 N–H and O–H groups in total. The summed E-state index contributed by atoms with van der Waals surface area (Å²) in [6.45, 7) is 7.87. The van der Waals surface area contributed by atoms with Gasteiger partial charge in [0.05, 0.1) is 4.90 Å². The van der Waals surface area contributed by atoms with Crippen LogP contribution in [0.2, 0.25) is 0 Å². The van der Waals surface area contributed by atoms with Gasteiger partial charge in [0.15, 0.2) is 0 Å². The van der Waals surface area contributed by atoms with Crippen molar-refractivity contribution in [1.29, 1.82) is 0 Å². The van der Waals surface area contributed by atoms with Crippen molar-refractivity contribution in [2.45, 2.75) is 51.5 Å². The highest BCUT2D eigenvalue weighted by Crippen LogP contribution is 2.39. The highest BCUT2D eigenvalue weighted by Gasteiger charge is 2.40. The molecular formula is C16H26N2O2S. The molecule has 0 amide bonds. The molecule has 0 spiro atoms. The van der Waals surface area contributed by atoms with Gasteiger partial charge >= 0.3 is 0 Å². The molecule has 21 heavy (non-hydrogen) atoms. The van der Waals surface area contributed by atoms with Gasteiger partial charge in [-0.25, -0.2) is 8.42 Å². The average molecular weight is 310 g/mol. The highest BCUT2D eigenvalue weighted by atomic mass is 32.2. The lowest BCUT2D eigenvalue weighted by atomic mass is 9.82. The minimum Gasteiger partial charge on any atom is -0.326 e. The van der Waals surface area contributed by atoms with E-state index in [2.05, 4.69) is 13.8 Å². The van der Waals surface area contributed by atoms with E-state index in [9.17, 15) is 8.42 Å². The summed E-state index contributed by atoms with van der Waals surface area (Å²) >= 11 is 0. The summed E-state index contributed by atoms with van der Waals surface area (Å²) in [6.07, 6.45) is 3.00. The predicted octanol–water partition coefficient (Wildman–Crippen LogP) is 2.65. The predicted molar refractivity (Wildman–Crippen MR) is 85.5 cm³/mol. The Morgan fingerprint density at radius 2 is 1.95 bits per heavy atom. The molecule has 1 aromatic rings. The second-order valence-corrected chi connectivity index (χ2v) is 8.03. The van der Waals surface area contributed by atoms with E-state index in [1.165, 1.54) is 0 Å². The van der Waals surface area contributed by atoms with E-state index in [1.54, 1.807) is 16.4 Å². The molecule has 1 fully saturated rings. The number of nitrogens with two attached hydrogens (primary N) is 1. The van der Waals surface area contributed by atoms with E-state index in [0.717, 1.165) is 30.4 Å². The summed E-state index contributed by atoms with van der Waals surface area (Å²) in [7, 11) is -3.40.